The summed E-state index contributed by atoms with van der Waals surface area (Å²) in [4.78, 5) is 9.34. The lowest BCUT2D eigenvalue weighted by Crippen LogP contribution is -2.13. The molecule has 0 aliphatic heterocycles. The SMILES string of the molecule is Cc1cnc2c(ccc3nc(C(C)(C)C)ccc32)c1. The lowest BCUT2D eigenvalue weighted by Gasteiger charge is -2.18. The second-order valence-electron chi connectivity index (χ2n) is 6.16. The molecule has 3 rings (SSSR count). The van der Waals surface area contributed by atoms with Crippen molar-refractivity contribution >= 4 is 21.8 Å². The Kier molecular flexibility index (Phi) is 2.56. The first-order valence-corrected chi connectivity index (χ1v) is 6.62. The van der Waals surface area contributed by atoms with Gasteiger partial charge in [0, 0.05) is 28.1 Å². The molecule has 2 heteroatoms. The van der Waals surface area contributed by atoms with E-state index in [1.165, 1.54) is 10.9 Å². The molecule has 2 heterocycles. The number of fused-ring (bicyclic) bond motifs is 3. The molecule has 0 bridgehead atoms. The summed E-state index contributed by atoms with van der Waals surface area (Å²) in [6, 6.07) is 10.6. The van der Waals surface area contributed by atoms with Crippen LogP contribution < -0.4 is 0 Å². The molecule has 0 radical (unpaired) electrons. The average molecular weight is 250 g/mol. The van der Waals surface area contributed by atoms with Crippen molar-refractivity contribution in [2.75, 3.05) is 0 Å². The zero-order valence-corrected chi connectivity index (χ0v) is 11.9. The number of hydrogen-bond acceptors (Lipinski definition) is 2. The zero-order valence-electron chi connectivity index (χ0n) is 11.9. The molecule has 19 heavy (non-hydrogen) atoms. The van der Waals surface area contributed by atoms with Crippen LogP contribution in [0.1, 0.15) is 32.0 Å². The van der Waals surface area contributed by atoms with Crippen molar-refractivity contribution in [1.29, 1.82) is 0 Å². The molecule has 1 aromatic carbocycles. The van der Waals surface area contributed by atoms with Crippen LogP contribution in [0.5, 0.6) is 0 Å². The van der Waals surface area contributed by atoms with Gasteiger partial charge in [0.2, 0.25) is 0 Å². The molecule has 0 atom stereocenters. The maximum atomic E-state index is 4.78. The van der Waals surface area contributed by atoms with Crippen LogP contribution in [0.4, 0.5) is 0 Å². The Hall–Kier alpha value is -1.96. The molecule has 2 aromatic heterocycles. The largest absolute Gasteiger partial charge is 0.255 e. The fourth-order valence-electron chi connectivity index (χ4n) is 2.33. The molecule has 0 aliphatic rings. The van der Waals surface area contributed by atoms with Crippen LogP contribution in [-0.2, 0) is 5.41 Å². The third-order valence-electron chi connectivity index (χ3n) is 3.42. The summed E-state index contributed by atoms with van der Waals surface area (Å²) in [6.07, 6.45) is 1.92. The monoisotopic (exact) mass is 250 g/mol. The Labute approximate surface area is 113 Å². The zero-order chi connectivity index (χ0) is 13.6. The van der Waals surface area contributed by atoms with Gasteiger partial charge in [-0.25, -0.2) is 0 Å². The van der Waals surface area contributed by atoms with Crippen molar-refractivity contribution in [3.63, 3.8) is 0 Å². The minimum absolute atomic E-state index is 0.0733. The molecule has 0 spiro atoms. The first-order valence-electron chi connectivity index (χ1n) is 6.62. The molecule has 0 amide bonds. The summed E-state index contributed by atoms with van der Waals surface area (Å²) in [5, 5.41) is 2.31. The van der Waals surface area contributed by atoms with Crippen molar-refractivity contribution in [3.8, 4) is 0 Å². The van der Waals surface area contributed by atoms with Gasteiger partial charge in [0.05, 0.1) is 11.0 Å². The maximum absolute atomic E-state index is 4.78. The Morgan fingerprint density at radius 3 is 2.53 bits per heavy atom. The normalized spacial score (nSPS) is 12.2. The van der Waals surface area contributed by atoms with E-state index < -0.39 is 0 Å². The molecule has 0 saturated heterocycles. The van der Waals surface area contributed by atoms with Crippen molar-refractivity contribution in [2.24, 2.45) is 0 Å². The molecule has 3 aromatic rings. The summed E-state index contributed by atoms with van der Waals surface area (Å²) in [5.74, 6) is 0. The number of aromatic nitrogens is 2. The Morgan fingerprint density at radius 2 is 1.79 bits per heavy atom. The molecular formula is C17H18N2. The van der Waals surface area contributed by atoms with Crippen LogP contribution in [-0.4, -0.2) is 9.97 Å². The predicted molar refractivity (Wildman–Crippen MR) is 80.5 cm³/mol. The topological polar surface area (TPSA) is 25.8 Å². The van der Waals surface area contributed by atoms with Crippen LogP contribution in [0.25, 0.3) is 21.8 Å². The van der Waals surface area contributed by atoms with Crippen molar-refractivity contribution in [1.82, 2.24) is 9.97 Å². The van der Waals surface area contributed by atoms with Crippen molar-refractivity contribution in [2.45, 2.75) is 33.1 Å². The van der Waals surface area contributed by atoms with Gasteiger partial charge in [-0.2, -0.15) is 0 Å². The third kappa shape index (κ3) is 2.07. The van der Waals surface area contributed by atoms with Crippen LogP contribution in [0.15, 0.2) is 36.5 Å². The second-order valence-corrected chi connectivity index (χ2v) is 6.16. The number of nitrogens with zero attached hydrogens (tertiary/aromatic N) is 2. The minimum Gasteiger partial charge on any atom is -0.255 e. The fourth-order valence-corrected chi connectivity index (χ4v) is 2.33. The summed E-state index contributed by atoms with van der Waals surface area (Å²) >= 11 is 0. The van der Waals surface area contributed by atoms with Crippen LogP contribution >= 0.6 is 0 Å². The summed E-state index contributed by atoms with van der Waals surface area (Å²) < 4.78 is 0. The van der Waals surface area contributed by atoms with Crippen molar-refractivity contribution < 1.29 is 0 Å². The minimum atomic E-state index is 0.0733. The highest BCUT2D eigenvalue weighted by Gasteiger charge is 2.16. The van der Waals surface area contributed by atoms with Crippen molar-refractivity contribution in [3.05, 3.63) is 47.8 Å². The highest BCUT2D eigenvalue weighted by atomic mass is 14.7. The van der Waals surface area contributed by atoms with Gasteiger partial charge in [0.15, 0.2) is 0 Å². The van der Waals surface area contributed by atoms with Gasteiger partial charge >= 0.3 is 0 Å². The van der Waals surface area contributed by atoms with Gasteiger partial charge in [-0.15, -0.1) is 0 Å². The Balaban J connectivity index is 2.33. The van der Waals surface area contributed by atoms with E-state index in [-0.39, 0.29) is 5.41 Å². The van der Waals surface area contributed by atoms with E-state index in [2.05, 4.69) is 63.0 Å². The number of pyridine rings is 2. The first kappa shape index (κ1) is 12.1. The number of hydrogen-bond donors (Lipinski definition) is 0. The van der Waals surface area contributed by atoms with E-state index >= 15 is 0 Å². The molecule has 0 unspecified atom stereocenters. The van der Waals surface area contributed by atoms with E-state index in [1.54, 1.807) is 0 Å². The van der Waals surface area contributed by atoms with Gasteiger partial charge in [-0.3, -0.25) is 9.97 Å². The summed E-state index contributed by atoms with van der Waals surface area (Å²) in [7, 11) is 0. The van der Waals surface area contributed by atoms with Crippen LogP contribution in [0.3, 0.4) is 0 Å². The third-order valence-corrected chi connectivity index (χ3v) is 3.42. The van der Waals surface area contributed by atoms with Gasteiger partial charge in [0.1, 0.15) is 0 Å². The van der Waals surface area contributed by atoms with E-state index in [0.717, 1.165) is 22.1 Å². The van der Waals surface area contributed by atoms with Crippen LogP contribution in [0.2, 0.25) is 0 Å². The summed E-state index contributed by atoms with van der Waals surface area (Å²) in [6.45, 7) is 8.62. The molecular weight excluding hydrogens is 232 g/mol. The molecule has 0 N–H and O–H groups in total. The molecule has 0 aliphatic carbocycles. The molecule has 0 fully saturated rings. The van der Waals surface area contributed by atoms with E-state index in [1.807, 2.05) is 6.20 Å². The molecule has 96 valence electrons. The highest BCUT2D eigenvalue weighted by Crippen LogP contribution is 2.27. The highest BCUT2D eigenvalue weighted by molar-refractivity contribution is 6.03. The predicted octanol–water partition coefficient (Wildman–Crippen LogP) is 4.39. The fraction of sp³-hybridized carbons (Fsp3) is 0.294. The van der Waals surface area contributed by atoms with E-state index in [0.29, 0.717) is 0 Å². The first-order chi connectivity index (χ1) is 8.95. The molecule has 2 nitrogen and oxygen atoms in total. The second kappa shape index (κ2) is 4.02. The number of aryl methyl sites for hydroxylation is 1. The maximum Gasteiger partial charge on any atom is 0.0796 e. The van der Waals surface area contributed by atoms with Gasteiger partial charge in [-0.1, -0.05) is 26.8 Å². The van der Waals surface area contributed by atoms with E-state index in [4.69, 9.17) is 4.98 Å². The lowest BCUT2D eigenvalue weighted by molar-refractivity contribution is 0.571. The van der Waals surface area contributed by atoms with Gasteiger partial charge in [-0.05, 0) is 36.8 Å². The van der Waals surface area contributed by atoms with Gasteiger partial charge in [0.25, 0.3) is 0 Å². The quantitative estimate of drug-likeness (QED) is 0.553. The van der Waals surface area contributed by atoms with E-state index in [9.17, 15) is 0 Å². The summed E-state index contributed by atoms with van der Waals surface area (Å²) in [5.41, 5.74) is 4.44. The van der Waals surface area contributed by atoms with Gasteiger partial charge < -0.3 is 0 Å². The average Bonchev–Trinajstić information content (AvgIpc) is 2.36. The lowest BCUT2D eigenvalue weighted by atomic mass is 9.91. The number of rotatable bonds is 0. The number of benzene rings is 1. The molecule has 0 saturated carbocycles. The Morgan fingerprint density at radius 1 is 1.00 bits per heavy atom. The standard InChI is InChI=1S/C17H18N2/c1-11-9-12-5-7-14-13(16(12)18-10-11)6-8-15(19-14)17(2,3)4/h5-10H,1-4H3. The smallest absolute Gasteiger partial charge is 0.0796 e. The Bertz CT molecular complexity index is 767. The van der Waals surface area contributed by atoms with Crippen LogP contribution in [0, 0.1) is 6.92 Å².